The van der Waals surface area contributed by atoms with E-state index < -0.39 is 0 Å². The van der Waals surface area contributed by atoms with Crippen LogP contribution in [-0.4, -0.2) is 18.0 Å². The number of carbonyl (C=O) groups excluding carboxylic acids is 1. The summed E-state index contributed by atoms with van der Waals surface area (Å²) < 4.78 is 5.97. The van der Waals surface area contributed by atoms with Crippen molar-refractivity contribution in [2.45, 2.75) is 0 Å². The van der Waals surface area contributed by atoms with Crippen LogP contribution in [0.4, 0.5) is 0 Å². The zero-order valence-electron chi connectivity index (χ0n) is 10.8. The van der Waals surface area contributed by atoms with E-state index >= 15 is 0 Å². The zero-order valence-corrected chi connectivity index (χ0v) is 12.4. The lowest BCUT2D eigenvalue weighted by molar-refractivity contribution is 0.104. The number of hydrogen-bond acceptors (Lipinski definition) is 3. The Hall–Kier alpha value is -2.07. The molecule has 0 unspecified atom stereocenters. The molecule has 4 heteroatoms. The van der Waals surface area contributed by atoms with Gasteiger partial charge in [0.1, 0.15) is 0 Å². The molecule has 0 spiro atoms. The van der Waals surface area contributed by atoms with Gasteiger partial charge in [0.05, 0.1) is 7.11 Å². The van der Waals surface area contributed by atoms with Crippen LogP contribution in [0, 0.1) is 0 Å². The molecule has 0 heterocycles. The number of halogens is 1. The normalized spacial score (nSPS) is 10.7. The molecular weight excluding hydrogens is 320 g/mol. The fraction of sp³-hybridized carbons (Fsp3) is 0.0625. The Bertz CT molecular complexity index is 645. The molecule has 0 saturated carbocycles. The van der Waals surface area contributed by atoms with Crippen LogP contribution in [0.2, 0.25) is 0 Å². The van der Waals surface area contributed by atoms with Crippen LogP contribution in [0.1, 0.15) is 15.9 Å². The number of phenols is 1. The number of benzene rings is 2. The topological polar surface area (TPSA) is 46.5 Å². The Morgan fingerprint density at radius 3 is 2.55 bits per heavy atom. The molecule has 2 aromatic carbocycles. The van der Waals surface area contributed by atoms with Crippen LogP contribution in [0.25, 0.3) is 6.08 Å². The van der Waals surface area contributed by atoms with Crippen molar-refractivity contribution in [2.24, 2.45) is 0 Å². The Morgan fingerprint density at radius 1 is 1.20 bits per heavy atom. The van der Waals surface area contributed by atoms with E-state index in [1.54, 1.807) is 12.1 Å². The maximum Gasteiger partial charge on any atom is 0.185 e. The van der Waals surface area contributed by atoms with Gasteiger partial charge in [0.25, 0.3) is 0 Å². The minimum absolute atomic E-state index is 0.0148. The molecule has 2 rings (SSSR count). The van der Waals surface area contributed by atoms with E-state index in [0.29, 0.717) is 5.56 Å². The number of phenolic OH excluding ortho intramolecular Hbond substituents is 1. The van der Waals surface area contributed by atoms with Crippen molar-refractivity contribution in [2.75, 3.05) is 7.11 Å². The largest absolute Gasteiger partial charge is 0.504 e. The first-order chi connectivity index (χ1) is 9.60. The molecule has 1 N–H and O–H groups in total. The summed E-state index contributed by atoms with van der Waals surface area (Å²) in [6, 6.07) is 12.2. The molecule has 0 amide bonds. The highest BCUT2D eigenvalue weighted by Gasteiger charge is 2.07. The molecule has 0 aliphatic carbocycles. The molecule has 2 aromatic rings. The standard InChI is InChI=1S/C16H13BrO3/c1-20-16-10-12(5-9-15(16)19)14(18)8-4-11-2-6-13(17)7-3-11/h2-10,19H,1H3/b8-4+. The zero-order chi connectivity index (χ0) is 14.5. The third kappa shape index (κ3) is 3.48. The van der Waals surface area contributed by atoms with Gasteiger partial charge in [-0.1, -0.05) is 34.1 Å². The van der Waals surface area contributed by atoms with E-state index in [0.717, 1.165) is 10.0 Å². The van der Waals surface area contributed by atoms with Crippen molar-refractivity contribution in [3.63, 3.8) is 0 Å². The average molecular weight is 333 g/mol. The summed E-state index contributed by atoms with van der Waals surface area (Å²) >= 11 is 3.36. The lowest BCUT2D eigenvalue weighted by Crippen LogP contribution is -1.95. The van der Waals surface area contributed by atoms with Crippen LogP contribution in [0.5, 0.6) is 11.5 Å². The SMILES string of the molecule is COc1cc(C(=O)/C=C/c2ccc(Br)cc2)ccc1O. The van der Waals surface area contributed by atoms with Gasteiger partial charge in [-0.05, 0) is 42.0 Å². The second-order valence-corrected chi connectivity index (χ2v) is 5.05. The molecule has 20 heavy (non-hydrogen) atoms. The molecule has 0 fully saturated rings. The van der Waals surface area contributed by atoms with Crippen LogP contribution < -0.4 is 4.74 Å². The van der Waals surface area contributed by atoms with Gasteiger partial charge >= 0.3 is 0 Å². The first-order valence-corrected chi connectivity index (χ1v) is 6.74. The highest BCUT2D eigenvalue weighted by molar-refractivity contribution is 9.10. The van der Waals surface area contributed by atoms with E-state index in [1.807, 2.05) is 24.3 Å². The third-order valence-electron chi connectivity index (χ3n) is 2.76. The monoisotopic (exact) mass is 332 g/mol. The average Bonchev–Trinajstić information content (AvgIpc) is 2.47. The summed E-state index contributed by atoms with van der Waals surface area (Å²) in [5.41, 5.74) is 1.40. The van der Waals surface area contributed by atoms with E-state index in [4.69, 9.17) is 4.74 Å². The minimum Gasteiger partial charge on any atom is -0.504 e. The summed E-state index contributed by atoms with van der Waals surface area (Å²) in [4.78, 5) is 12.0. The third-order valence-corrected chi connectivity index (χ3v) is 3.29. The molecule has 0 aliphatic rings. The van der Waals surface area contributed by atoms with Crippen molar-refractivity contribution < 1.29 is 14.6 Å². The number of hydrogen-bond donors (Lipinski definition) is 1. The van der Waals surface area contributed by atoms with Crippen molar-refractivity contribution in [1.29, 1.82) is 0 Å². The number of ether oxygens (including phenoxy) is 1. The van der Waals surface area contributed by atoms with Crippen molar-refractivity contribution in [1.82, 2.24) is 0 Å². The van der Waals surface area contributed by atoms with Crippen LogP contribution in [-0.2, 0) is 0 Å². The van der Waals surface area contributed by atoms with Gasteiger partial charge in [-0.2, -0.15) is 0 Å². The van der Waals surface area contributed by atoms with Gasteiger partial charge in [-0.15, -0.1) is 0 Å². The number of aromatic hydroxyl groups is 1. The number of methoxy groups -OCH3 is 1. The van der Waals surface area contributed by atoms with E-state index in [-0.39, 0.29) is 17.3 Å². The predicted octanol–water partition coefficient (Wildman–Crippen LogP) is 4.06. The highest BCUT2D eigenvalue weighted by atomic mass is 79.9. The Balaban J connectivity index is 2.17. The van der Waals surface area contributed by atoms with Crippen molar-refractivity contribution in [3.05, 3.63) is 64.1 Å². The van der Waals surface area contributed by atoms with Crippen LogP contribution in [0.3, 0.4) is 0 Å². The van der Waals surface area contributed by atoms with E-state index in [9.17, 15) is 9.90 Å². The van der Waals surface area contributed by atoms with Crippen LogP contribution >= 0.6 is 15.9 Å². The quantitative estimate of drug-likeness (QED) is 0.678. The molecular formula is C16H13BrO3. The number of rotatable bonds is 4. The van der Waals surface area contributed by atoms with Gasteiger partial charge < -0.3 is 9.84 Å². The molecule has 0 atom stereocenters. The second kappa shape index (κ2) is 6.39. The second-order valence-electron chi connectivity index (χ2n) is 4.14. The number of carbonyl (C=O) groups is 1. The van der Waals surface area contributed by atoms with Crippen LogP contribution in [0.15, 0.2) is 53.0 Å². The molecule has 0 aliphatic heterocycles. The van der Waals surface area contributed by atoms with Gasteiger partial charge in [0.2, 0.25) is 0 Å². The first-order valence-electron chi connectivity index (χ1n) is 5.95. The smallest absolute Gasteiger partial charge is 0.185 e. The summed E-state index contributed by atoms with van der Waals surface area (Å²) in [6.07, 6.45) is 3.24. The summed E-state index contributed by atoms with van der Waals surface area (Å²) in [7, 11) is 1.45. The summed E-state index contributed by atoms with van der Waals surface area (Å²) in [5, 5.41) is 9.49. The summed E-state index contributed by atoms with van der Waals surface area (Å²) in [6.45, 7) is 0. The molecule has 0 saturated heterocycles. The predicted molar refractivity (Wildman–Crippen MR) is 82.2 cm³/mol. The fourth-order valence-corrected chi connectivity index (χ4v) is 1.94. The van der Waals surface area contributed by atoms with Gasteiger partial charge in [-0.3, -0.25) is 4.79 Å². The lowest BCUT2D eigenvalue weighted by Gasteiger charge is -2.04. The first kappa shape index (κ1) is 14.3. The number of ketones is 1. The number of allylic oxidation sites excluding steroid dienone is 1. The highest BCUT2D eigenvalue weighted by Crippen LogP contribution is 2.26. The molecule has 0 radical (unpaired) electrons. The summed E-state index contributed by atoms with van der Waals surface area (Å²) in [5.74, 6) is 0.153. The Morgan fingerprint density at radius 2 is 1.90 bits per heavy atom. The molecule has 0 bridgehead atoms. The van der Waals surface area contributed by atoms with Gasteiger partial charge in [0, 0.05) is 10.0 Å². The lowest BCUT2D eigenvalue weighted by atomic mass is 10.1. The van der Waals surface area contributed by atoms with Gasteiger partial charge in [-0.25, -0.2) is 0 Å². The maximum atomic E-state index is 12.0. The molecule has 102 valence electrons. The molecule has 0 aromatic heterocycles. The minimum atomic E-state index is -0.147. The Kier molecular flexibility index (Phi) is 4.58. The maximum absolute atomic E-state index is 12.0. The van der Waals surface area contributed by atoms with Gasteiger partial charge in [0.15, 0.2) is 17.3 Å². The fourth-order valence-electron chi connectivity index (χ4n) is 1.67. The van der Waals surface area contributed by atoms with Crippen molar-refractivity contribution >= 4 is 27.8 Å². The van der Waals surface area contributed by atoms with E-state index in [1.165, 1.54) is 25.3 Å². The van der Waals surface area contributed by atoms with E-state index in [2.05, 4.69) is 15.9 Å². The molecule has 3 nitrogen and oxygen atoms in total. The van der Waals surface area contributed by atoms with Crippen molar-refractivity contribution in [3.8, 4) is 11.5 Å². The Labute approximate surface area is 125 Å².